The van der Waals surface area contributed by atoms with Crippen LogP contribution < -0.4 is 15.4 Å². The molecule has 1 atom stereocenters. The Kier molecular flexibility index (Phi) is 8.21. The molecule has 1 unspecified atom stereocenters. The van der Waals surface area contributed by atoms with Gasteiger partial charge in [-0.3, -0.25) is 4.57 Å². The lowest BCUT2D eigenvalue weighted by molar-refractivity contribution is 0.179. The number of nitrogens with zero attached hydrogens (tertiary/aromatic N) is 4. The van der Waals surface area contributed by atoms with Crippen LogP contribution in [0.1, 0.15) is 43.8 Å². The number of aryl methyl sites for hydroxylation is 1. The van der Waals surface area contributed by atoms with Crippen LogP contribution in [0.4, 0.5) is 0 Å². The topological polar surface area (TPSA) is 96.6 Å². The summed E-state index contributed by atoms with van der Waals surface area (Å²) in [5.74, 6) is 3.10. The van der Waals surface area contributed by atoms with E-state index in [4.69, 9.17) is 4.74 Å². The van der Waals surface area contributed by atoms with E-state index in [9.17, 15) is 5.11 Å². The molecule has 1 aromatic carbocycles. The Morgan fingerprint density at radius 1 is 1.19 bits per heavy atom. The van der Waals surface area contributed by atoms with Crippen molar-refractivity contribution in [3.8, 4) is 11.6 Å². The number of hydrogen-bond donors (Lipinski definition) is 3. The molecule has 0 fully saturated rings. The van der Waals surface area contributed by atoms with Gasteiger partial charge in [-0.15, -0.1) is 0 Å². The SMILES string of the molecule is CCNC(=NCc1ccc(-n2ccnc2C)nc1)NCC(O)c1cccc(OC(C)C)c1. The zero-order chi connectivity index (χ0) is 22.9. The number of rotatable bonds is 9. The number of hydrogen-bond acceptors (Lipinski definition) is 5. The highest BCUT2D eigenvalue weighted by Crippen LogP contribution is 2.20. The van der Waals surface area contributed by atoms with Crippen LogP contribution in [-0.4, -0.2) is 44.8 Å². The summed E-state index contributed by atoms with van der Waals surface area (Å²) in [5.41, 5.74) is 1.78. The normalized spacial score (nSPS) is 12.6. The lowest BCUT2D eigenvalue weighted by Gasteiger charge is -2.17. The number of ether oxygens (including phenoxy) is 1. The van der Waals surface area contributed by atoms with Crippen molar-refractivity contribution in [3.05, 3.63) is 71.9 Å². The molecule has 0 saturated heterocycles. The fourth-order valence-corrected chi connectivity index (χ4v) is 3.16. The van der Waals surface area contributed by atoms with E-state index in [2.05, 4.69) is 25.6 Å². The van der Waals surface area contributed by atoms with E-state index < -0.39 is 6.10 Å². The average Bonchev–Trinajstić information content (AvgIpc) is 3.21. The maximum absolute atomic E-state index is 10.6. The number of aliphatic imine (C=N–C) groups is 1. The number of pyridine rings is 1. The van der Waals surface area contributed by atoms with Gasteiger partial charge in [0.1, 0.15) is 17.4 Å². The minimum absolute atomic E-state index is 0.0838. The number of benzene rings is 1. The van der Waals surface area contributed by atoms with Crippen LogP contribution in [0.5, 0.6) is 5.75 Å². The fourth-order valence-electron chi connectivity index (χ4n) is 3.16. The third-order valence-electron chi connectivity index (χ3n) is 4.72. The summed E-state index contributed by atoms with van der Waals surface area (Å²) in [6.45, 7) is 9.42. The first-order chi connectivity index (χ1) is 15.5. The molecule has 3 aromatic rings. The molecule has 2 heterocycles. The van der Waals surface area contributed by atoms with E-state index in [0.717, 1.165) is 35.1 Å². The van der Waals surface area contributed by atoms with E-state index in [-0.39, 0.29) is 6.10 Å². The Balaban J connectivity index is 1.59. The minimum Gasteiger partial charge on any atom is -0.491 e. The van der Waals surface area contributed by atoms with Crippen LogP contribution >= 0.6 is 0 Å². The van der Waals surface area contributed by atoms with Gasteiger partial charge < -0.3 is 20.5 Å². The number of guanidine groups is 1. The van der Waals surface area contributed by atoms with Crippen LogP contribution in [0.2, 0.25) is 0 Å². The zero-order valence-corrected chi connectivity index (χ0v) is 19.1. The number of aromatic nitrogens is 3. The molecule has 0 amide bonds. The molecule has 3 N–H and O–H groups in total. The third kappa shape index (κ3) is 6.55. The maximum atomic E-state index is 10.6. The molecule has 0 radical (unpaired) electrons. The highest BCUT2D eigenvalue weighted by molar-refractivity contribution is 5.79. The monoisotopic (exact) mass is 436 g/mol. The van der Waals surface area contributed by atoms with Crippen molar-refractivity contribution in [1.82, 2.24) is 25.2 Å². The summed E-state index contributed by atoms with van der Waals surface area (Å²) < 4.78 is 7.65. The molecule has 0 aliphatic heterocycles. The molecule has 2 aromatic heterocycles. The first-order valence-electron chi connectivity index (χ1n) is 10.9. The Morgan fingerprint density at radius 3 is 2.69 bits per heavy atom. The smallest absolute Gasteiger partial charge is 0.191 e. The maximum Gasteiger partial charge on any atom is 0.191 e. The van der Waals surface area contributed by atoms with E-state index in [1.165, 1.54) is 0 Å². The van der Waals surface area contributed by atoms with E-state index >= 15 is 0 Å². The van der Waals surface area contributed by atoms with E-state index in [0.29, 0.717) is 19.0 Å². The third-order valence-corrected chi connectivity index (χ3v) is 4.72. The van der Waals surface area contributed by atoms with Gasteiger partial charge in [-0.2, -0.15) is 0 Å². The number of aliphatic hydroxyl groups excluding tert-OH is 1. The van der Waals surface area contributed by atoms with Gasteiger partial charge in [0.15, 0.2) is 5.96 Å². The highest BCUT2D eigenvalue weighted by Gasteiger charge is 2.10. The summed E-state index contributed by atoms with van der Waals surface area (Å²) in [6.07, 6.45) is 4.86. The highest BCUT2D eigenvalue weighted by atomic mass is 16.5. The molecule has 0 aliphatic carbocycles. The zero-order valence-electron chi connectivity index (χ0n) is 19.1. The van der Waals surface area contributed by atoms with Crippen molar-refractivity contribution >= 4 is 5.96 Å². The van der Waals surface area contributed by atoms with Crippen LogP contribution in [0, 0.1) is 6.92 Å². The molecule has 0 saturated carbocycles. The van der Waals surface area contributed by atoms with Crippen molar-refractivity contribution in [2.24, 2.45) is 4.99 Å². The van der Waals surface area contributed by atoms with Gasteiger partial charge in [0.05, 0.1) is 18.8 Å². The standard InChI is InChI=1S/C24H32N6O2/c1-5-25-24(29-16-22(31)20-7-6-8-21(13-20)32-17(2)3)28-15-19-9-10-23(27-14-19)30-12-11-26-18(30)4/h6-14,17,22,31H,5,15-16H2,1-4H3,(H2,25,28,29). The summed E-state index contributed by atoms with van der Waals surface area (Å²) in [7, 11) is 0. The summed E-state index contributed by atoms with van der Waals surface area (Å²) in [5, 5.41) is 17.0. The summed E-state index contributed by atoms with van der Waals surface area (Å²) in [6, 6.07) is 11.5. The molecular formula is C24H32N6O2. The Hall–Kier alpha value is -3.39. The van der Waals surface area contributed by atoms with Crippen LogP contribution in [-0.2, 0) is 6.54 Å². The molecule has 170 valence electrons. The van der Waals surface area contributed by atoms with E-state index in [1.807, 2.05) is 81.1 Å². The van der Waals surface area contributed by atoms with Crippen molar-refractivity contribution in [1.29, 1.82) is 0 Å². The summed E-state index contributed by atoms with van der Waals surface area (Å²) in [4.78, 5) is 13.4. The van der Waals surface area contributed by atoms with E-state index in [1.54, 1.807) is 6.20 Å². The first kappa shape index (κ1) is 23.3. The number of nitrogens with one attached hydrogen (secondary N) is 2. The van der Waals surface area contributed by atoms with Crippen molar-refractivity contribution in [2.75, 3.05) is 13.1 Å². The van der Waals surface area contributed by atoms with Crippen LogP contribution in [0.25, 0.3) is 5.82 Å². The molecule has 32 heavy (non-hydrogen) atoms. The molecule has 0 bridgehead atoms. The van der Waals surface area contributed by atoms with Gasteiger partial charge in [0.25, 0.3) is 0 Å². The largest absolute Gasteiger partial charge is 0.491 e. The molecule has 8 heteroatoms. The van der Waals surface area contributed by atoms with Gasteiger partial charge in [0.2, 0.25) is 0 Å². The minimum atomic E-state index is -0.686. The van der Waals surface area contributed by atoms with Gasteiger partial charge in [-0.25, -0.2) is 15.0 Å². The second-order valence-electron chi connectivity index (χ2n) is 7.70. The van der Waals surface area contributed by atoms with Crippen LogP contribution in [0.3, 0.4) is 0 Å². The second-order valence-corrected chi connectivity index (χ2v) is 7.70. The molecule has 0 aliphatic rings. The molecule has 8 nitrogen and oxygen atoms in total. The molecule has 3 rings (SSSR count). The lowest BCUT2D eigenvalue weighted by Crippen LogP contribution is -2.39. The van der Waals surface area contributed by atoms with Gasteiger partial charge >= 0.3 is 0 Å². The van der Waals surface area contributed by atoms with Crippen molar-refractivity contribution in [3.63, 3.8) is 0 Å². The molecule has 0 spiro atoms. The van der Waals surface area contributed by atoms with Crippen molar-refractivity contribution < 1.29 is 9.84 Å². The van der Waals surface area contributed by atoms with Crippen LogP contribution in [0.15, 0.2) is 60.0 Å². The molecular weight excluding hydrogens is 404 g/mol. The Labute approximate surface area is 189 Å². The quantitative estimate of drug-likeness (QED) is 0.352. The van der Waals surface area contributed by atoms with Gasteiger partial charge in [-0.1, -0.05) is 18.2 Å². The lowest BCUT2D eigenvalue weighted by atomic mass is 10.1. The Bertz CT molecular complexity index is 1010. The number of imidazole rings is 1. The first-order valence-corrected chi connectivity index (χ1v) is 10.9. The average molecular weight is 437 g/mol. The van der Waals surface area contributed by atoms with Gasteiger partial charge in [-0.05, 0) is 57.0 Å². The van der Waals surface area contributed by atoms with Gasteiger partial charge in [0, 0.05) is 31.7 Å². The van der Waals surface area contributed by atoms with Crippen molar-refractivity contribution in [2.45, 2.75) is 46.4 Å². The Morgan fingerprint density at radius 2 is 2.03 bits per heavy atom. The number of aliphatic hydroxyl groups is 1. The predicted molar refractivity (Wildman–Crippen MR) is 126 cm³/mol. The summed E-state index contributed by atoms with van der Waals surface area (Å²) >= 11 is 0. The fraction of sp³-hybridized carbons (Fsp3) is 0.375. The predicted octanol–water partition coefficient (Wildman–Crippen LogP) is 3.15. The second kappa shape index (κ2) is 11.3.